The highest BCUT2D eigenvalue weighted by molar-refractivity contribution is 5.37. The second kappa shape index (κ2) is 10.3. The second-order valence-corrected chi connectivity index (χ2v) is 4.92. The predicted molar refractivity (Wildman–Crippen MR) is 84.2 cm³/mol. The van der Waals surface area contributed by atoms with E-state index >= 15 is 0 Å². The summed E-state index contributed by atoms with van der Waals surface area (Å²) < 4.78 is 10.9. The quantitative estimate of drug-likeness (QED) is 0.622. The molecule has 0 atom stereocenters. The van der Waals surface area contributed by atoms with E-state index in [0.717, 1.165) is 51.6 Å². The van der Waals surface area contributed by atoms with Gasteiger partial charge < -0.3 is 9.47 Å². The molecule has 0 radical (unpaired) electrons. The third-order valence-electron chi connectivity index (χ3n) is 3.38. The van der Waals surface area contributed by atoms with Crippen LogP contribution < -0.4 is 0 Å². The molecule has 1 aromatic carbocycles. The van der Waals surface area contributed by atoms with Crippen molar-refractivity contribution in [3.8, 4) is 6.07 Å². The number of nitriles is 1. The zero-order chi connectivity index (χ0) is 15.5. The van der Waals surface area contributed by atoms with Crippen molar-refractivity contribution in [2.45, 2.75) is 27.3 Å². The summed E-state index contributed by atoms with van der Waals surface area (Å²) in [5.41, 5.74) is 3.13. The standard InChI is InChI=1S/C17H26N2O2/c1-4-20-10-8-19(9-11-21-5-2)14-17-7-6-16(13-18)12-15(17)3/h6-7,12H,4-5,8-11,14H2,1-3H3. The summed E-state index contributed by atoms with van der Waals surface area (Å²) in [4.78, 5) is 2.33. The number of rotatable bonds is 10. The molecule has 0 aromatic heterocycles. The van der Waals surface area contributed by atoms with Gasteiger partial charge in [-0.15, -0.1) is 0 Å². The van der Waals surface area contributed by atoms with Crippen LogP contribution in [0.4, 0.5) is 0 Å². The highest BCUT2D eigenvalue weighted by Gasteiger charge is 2.08. The summed E-state index contributed by atoms with van der Waals surface area (Å²) in [6.07, 6.45) is 0. The smallest absolute Gasteiger partial charge is 0.0991 e. The van der Waals surface area contributed by atoms with Crippen LogP contribution >= 0.6 is 0 Å². The summed E-state index contributed by atoms with van der Waals surface area (Å²) in [7, 11) is 0. The molecule has 4 nitrogen and oxygen atoms in total. The zero-order valence-electron chi connectivity index (χ0n) is 13.4. The second-order valence-electron chi connectivity index (χ2n) is 4.92. The topological polar surface area (TPSA) is 45.5 Å². The van der Waals surface area contributed by atoms with E-state index in [4.69, 9.17) is 14.7 Å². The van der Waals surface area contributed by atoms with Crippen LogP contribution in [0.15, 0.2) is 18.2 Å². The maximum atomic E-state index is 8.93. The van der Waals surface area contributed by atoms with Gasteiger partial charge in [0.15, 0.2) is 0 Å². The van der Waals surface area contributed by atoms with Gasteiger partial charge in [-0.05, 0) is 44.0 Å². The van der Waals surface area contributed by atoms with Crippen LogP contribution in [-0.4, -0.2) is 44.4 Å². The van der Waals surface area contributed by atoms with E-state index in [2.05, 4.69) is 17.9 Å². The molecule has 1 aromatic rings. The highest BCUT2D eigenvalue weighted by atomic mass is 16.5. The largest absolute Gasteiger partial charge is 0.380 e. The van der Waals surface area contributed by atoms with Crippen molar-refractivity contribution >= 4 is 0 Å². The lowest BCUT2D eigenvalue weighted by Gasteiger charge is -2.23. The van der Waals surface area contributed by atoms with Gasteiger partial charge in [-0.2, -0.15) is 5.26 Å². The number of nitrogens with zero attached hydrogens (tertiary/aromatic N) is 2. The molecule has 0 aliphatic rings. The molecule has 0 heterocycles. The number of hydrogen-bond donors (Lipinski definition) is 0. The van der Waals surface area contributed by atoms with Crippen molar-refractivity contribution in [1.29, 1.82) is 5.26 Å². The Bertz CT molecular complexity index is 445. The summed E-state index contributed by atoms with van der Waals surface area (Å²) in [6.45, 7) is 11.7. The Morgan fingerprint density at radius 2 is 1.71 bits per heavy atom. The minimum Gasteiger partial charge on any atom is -0.380 e. The molecular weight excluding hydrogens is 264 g/mol. The molecule has 0 unspecified atom stereocenters. The molecule has 1 rings (SSSR count). The van der Waals surface area contributed by atoms with E-state index in [1.165, 1.54) is 5.56 Å². The predicted octanol–water partition coefficient (Wildman–Crippen LogP) is 2.74. The Labute approximate surface area is 128 Å². The molecule has 0 bridgehead atoms. The van der Waals surface area contributed by atoms with E-state index in [1.54, 1.807) is 0 Å². The lowest BCUT2D eigenvalue weighted by molar-refractivity contribution is 0.0797. The van der Waals surface area contributed by atoms with Gasteiger partial charge in [0.1, 0.15) is 0 Å². The molecule has 0 fully saturated rings. The van der Waals surface area contributed by atoms with Crippen LogP contribution in [0.25, 0.3) is 0 Å². The first-order valence-corrected chi connectivity index (χ1v) is 7.58. The minimum absolute atomic E-state index is 0.714. The van der Waals surface area contributed by atoms with E-state index in [-0.39, 0.29) is 0 Å². The van der Waals surface area contributed by atoms with Crippen LogP contribution in [0.3, 0.4) is 0 Å². The fourth-order valence-electron chi connectivity index (χ4n) is 2.13. The summed E-state index contributed by atoms with van der Waals surface area (Å²) in [6, 6.07) is 8.05. The Kier molecular flexibility index (Phi) is 8.68. The molecule has 0 aliphatic heterocycles. The maximum absolute atomic E-state index is 8.93. The first-order chi connectivity index (χ1) is 10.2. The molecule has 0 N–H and O–H groups in total. The van der Waals surface area contributed by atoms with Crippen LogP contribution in [0.5, 0.6) is 0 Å². The van der Waals surface area contributed by atoms with Crippen molar-refractivity contribution in [3.05, 3.63) is 34.9 Å². The summed E-state index contributed by atoms with van der Waals surface area (Å²) >= 11 is 0. The van der Waals surface area contributed by atoms with Crippen LogP contribution in [-0.2, 0) is 16.0 Å². The Balaban J connectivity index is 2.63. The van der Waals surface area contributed by atoms with E-state index < -0.39 is 0 Å². The molecule has 0 amide bonds. The van der Waals surface area contributed by atoms with Crippen LogP contribution in [0, 0.1) is 18.3 Å². The van der Waals surface area contributed by atoms with Gasteiger partial charge >= 0.3 is 0 Å². The first-order valence-electron chi connectivity index (χ1n) is 7.58. The molecule has 4 heteroatoms. The maximum Gasteiger partial charge on any atom is 0.0991 e. The molecule has 116 valence electrons. The average molecular weight is 290 g/mol. The lowest BCUT2D eigenvalue weighted by atomic mass is 10.1. The monoisotopic (exact) mass is 290 g/mol. The van der Waals surface area contributed by atoms with Crippen LogP contribution in [0.1, 0.15) is 30.5 Å². The zero-order valence-corrected chi connectivity index (χ0v) is 13.4. The first kappa shape index (κ1) is 17.6. The fraction of sp³-hybridized carbons (Fsp3) is 0.588. The number of hydrogen-bond acceptors (Lipinski definition) is 4. The third kappa shape index (κ3) is 6.72. The van der Waals surface area contributed by atoms with Crippen molar-refractivity contribution in [2.75, 3.05) is 39.5 Å². The van der Waals surface area contributed by atoms with E-state index in [1.807, 2.05) is 32.0 Å². The Morgan fingerprint density at radius 1 is 1.10 bits per heavy atom. The third-order valence-corrected chi connectivity index (χ3v) is 3.38. The van der Waals surface area contributed by atoms with Gasteiger partial charge in [-0.1, -0.05) is 6.07 Å². The molecule has 0 saturated heterocycles. The van der Waals surface area contributed by atoms with Crippen molar-refractivity contribution in [2.24, 2.45) is 0 Å². The molecule has 21 heavy (non-hydrogen) atoms. The highest BCUT2D eigenvalue weighted by Crippen LogP contribution is 2.13. The summed E-state index contributed by atoms with van der Waals surface area (Å²) in [5.74, 6) is 0. The Hall–Kier alpha value is -1.41. The molecule has 0 spiro atoms. The van der Waals surface area contributed by atoms with Crippen molar-refractivity contribution in [3.63, 3.8) is 0 Å². The van der Waals surface area contributed by atoms with E-state index in [9.17, 15) is 0 Å². The van der Waals surface area contributed by atoms with Crippen molar-refractivity contribution in [1.82, 2.24) is 4.90 Å². The fourth-order valence-corrected chi connectivity index (χ4v) is 2.13. The van der Waals surface area contributed by atoms with Crippen molar-refractivity contribution < 1.29 is 9.47 Å². The van der Waals surface area contributed by atoms with Gasteiger partial charge in [-0.25, -0.2) is 0 Å². The SMILES string of the molecule is CCOCCN(CCOCC)Cc1ccc(C#N)cc1C. The number of aryl methyl sites for hydroxylation is 1. The molecular formula is C17H26N2O2. The van der Waals surface area contributed by atoms with Gasteiger partial charge in [0.05, 0.1) is 24.8 Å². The molecule has 0 saturated carbocycles. The van der Waals surface area contributed by atoms with Gasteiger partial charge in [0.2, 0.25) is 0 Å². The number of benzene rings is 1. The van der Waals surface area contributed by atoms with E-state index in [0.29, 0.717) is 5.56 Å². The minimum atomic E-state index is 0.714. The van der Waals surface area contributed by atoms with Gasteiger partial charge in [-0.3, -0.25) is 4.90 Å². The van der Waals surface area contributed by atoms with Gasteiger partial charge in [0, 0.05) is 32.8 Å². The van der Waals surface area contributed by atoms with Crippen LogP contribution in [0.2, 0.25) is 0 Å². The molecule has 0 aliphatic carbocycles. The lowest BCUT2D eigenvalue weighted by Crippen LogP contribution is -2.31. The summed E-state index contributed by atoms with van der Waals surface area (Å²) in [5, 5.41) is 8.93. The number of ether oxygens (including phenoxy) is 2. The average Bonchev–Trinajstić information content (AvgIpc) is 2.49. The Morgan fingerprint density at radius 3 is 2.19 bits per heavy atom. The van der Waals surface area contributed by atoms with Gasteiger partial charge in [0.25, 0.3) is 0 Å². The normalized spacial score (nSPS) is 10.8.